The summed E-state index contributed by atoms with van der Waals surface area (Å²) in [5.41, 5.74) is -0.110. The Morgan fingerprint density at radius 2 is 1.73 bits per heavy atom. The molecule has 0 spiro atoms. The number of unbranched alkanes of at least 4 members (excludes halogenated alkanes) is 1. The first-order chi connectivity index (χ1) is 14.2. The number of ketones is 1. The van der Waals surface area contributed by atoms with Crippen LogP contribution in [0, 0.1) is 5.41 Å². The predicted molar refractivity (Wildman–Crippen MR) is 117 cm³/mol. The molecule has 1 heterocycles. The molecule has 2 rings (SSSR count). The Morgan fingerprint density at radius 1 is 1.10 bits per heavy atom. The van der Waals surface area contributed by atoms with E-state index in [1.807, 2.05) is 20.8 Å². The minimum atomic E-state index is -0.691. The van der Waals surface area contributed by atoms with Crippen LogP contribution in [0.3, 0.4) is 0 Å². The van der Waals surface area contributed by atoms with Gasteiger partial charge in [0, 0.05) is 25.7 Å². The summed E-state index contributed by atoms with van der Waals surface area (Å²) < 4.78 is 5.41. The van der Waals surface area contributed by atoms with E-state index in [1.165, 1.54) is 0 Å². The first kappa shape index (κ1) is 24.6. The maximum atomic E-state index is 13.6. The van der Waals surface area contributed by atoms with Crippen molar-refractivity contribution in [2.45, 2.75) is 91.1 Å². The lowest BCUT2D eigenvalue weighted by atomic mass is 9.91. The third kappa shape index (κ3) is 7.25. The zero-order valence-electron chi connectivity index (χ0n) is 19.4. The number of Topliss-reactive ketones (excluding diaryl/α,β-unsaturated/α-hetero) is 1. The number of amides is 3. The zero-order chi connectivity index (χ0) is 22.1. The number of urea groups is 1. The smallest absolute Gasteiger partial charge is 0.321 e. The molecule has 0 aromatic carbocycles. The second-order valence-corrected chi connectivity index (χ2v) is 9.85. The summed E-state index contributed by atoms with van der Waals surface area (Å²) in [6, 6.07) is -0.776. The molecule has 1 atom stereocenters. The second kappa shape index (κ2) is 11.7. The van der Waals surface area contributed by atoms with Crippen LogP contribution in [0.5, 0.6) is 0 Å². The van der Waals surface area contributed by atoms with Crippen molar-refractivity contribution in [3.8, 4) is 0 Å². The molecule has 172 valence electrons. The van der Waals surface area contributed by atoms with Gasteiger partial charge in [-0.05, 0) is 24.7 Å². The molecule has 0 unspecified atom stereocenters. The summed E-state index contributed by atoms with van der Waals surface area (Å²) in [5, 5.41) is 2.80. The predicted octanol–water partition coefficient (Wildman–Crippen LogP) is 3.36. The number of ether oxygens (including phenoxy) is 1. The number of carbonyl (C=O) groups is 3. The molecule has 30 heavy (non-hydrogen) atoms. The topological polar surface area (TPSA) is 79.0 Å². The van der Waals surface area contributed by atoms with Crippen molar-refractivity contribution in [3.63, 3.8) is 0 Å². The van der Waals surface area contributed by atoms with Gasteiger partial charge in [0.1, 0.15) is 6.04 Å². The van der Waals surface area contributed by atoms with Crippen LogP contribution in [0.1, 0.15) is 79.1 Å². The van der Waals surface area contributed by atoms with Crippen LogP contribution in [0.2, 0.25) is 0 Å². The Balaban J connectivity index is 2.25. The fourth-order valence-corrected chi connectivity index (χ4v) is 4.20. The Morgan fingerprint density at radius 3 is 2.30 bits per heavy atom. The number of nitrogens with zero attached hydrogens (tertiary/aromatic N) is 2. The van der Waals surface area contributed by atoms with Gasteiger partial charge in [0.05, 0.1) is 13.2 Å². The van der Waals surface area contributed by atoms with E-state index in [9.17, 15) is 14.4 Å². The van der Waals surface area contributed by atoms with Gasteiger partial charge >= 0.3 is 6.03 Å². The quantitative estimate of drug-likeness (QED) is 0.607. The van der Waals surface area contributed by atoms with Crippen LogP contribution in [0.25, 0.3) is 0 Å². The number of rotatable bonds is 8. The van der Waals surface area contributed by atoms with Gasteiger partial charge in [0.2, 0.25) is 5.78 Å². The van der Waals surface area contributed by atoms with Crippen LogP contribution < -0.4 is 5.32 Å². The maximum Gasteiger partial charge on any atom is 0.321 e. The van der Waals surface area contributed by atoms with E-state index in [0.29, 0.717) is 39.3 Å². The first-order valence-electron chi connectivity index (χ1n) is 11.7. The molecule has 7 nitrogen and oxygen atoms in total. The van der Waals surface area contributed by atoms with Gasteiger partial charge in [0.25, 0.3) is 5.91 Å². The van der Waals surface area contributed by atoms with Gasteiger partial charge in [-0.25, -0.2) is 4.79 Å². The normalized spacial score (nSPS) is 19.3. The SMILES string of the molecule is CCCC[C@@H](C(=O)C(=O)NCC(C)(C)C)N(C(=O)N1CCOCC1)C1CCCCC1. The van der Waals surface area contributed by atoms with E-state index < -0.39 is 17.7 Å². The van der Waals surface area contributed by atoms with E-state index in [4.69, 9.17) is 4.74 Å². The summed E-state index contributed by atoms with van der Waals surface area (Å²) in [4.78, 5) is 43.2. The molecule has 1 N–H and O–H groups in total. The van der Waals surface area contributed by atoms with Crippen molar-refractivity contribution >= 4 is 17.7 Å². The molecule has 0 aromatic rings. The molecule has 3 amide bonds. The van der Waals surface area contributed by atoms with Crippen LogP contribution in [-0.2, 0) is 14.3 Å². The van der Waals surface area contributed by atoms with Gasteiger partial charge < -0.3 is 19.9 Å². The summed E-state index contributed by atoms with van der Waals surface area (Å²) in [6.07, 6.45) is 7.33. The lowest BCUT2D eigenvalue weighted by Crippen LogP contribution is -2.59. The molecular formula is C23H41N3O4. The van der Waals surface area contributed by atoms with Crippen LogP contribution in [0.4, 0.5) is 4.79 Å². The molecule has 1 aliphatic heterocycles. The summed E-state index contributed by atoms with van der Waals surface area (Å²) in [7, 11) is 0. The summed E-state index contributed by atoms with van der Waals surface area (Å²) in [5.74, 6) is -1.04. The minimum absolute atomic E-state index is 0.0234. The lowest BCUT2D eigenvalue weighted by Gasteiger charge is -2.42. The summed E-state index contributed by atoms with van der Waals surface area (Å²) >= 11 is 0. The third-order valence-electron chi connectivity index (χ3n) is 5.94. The zero-order valence-corrected chi connectivity index (χ0v) is 19.4. The highest BCUT2D eigenvalue weighted by molar-refractivity contribution is 6.38. The number of hydrogen-bond acceptors (Lipinski definition) is 4. The molecule has 0 aromatic heterocycles. The Kier molecular flexibility index (Phi) is 9.59. The number of hydrogen-bond donors (Lipinski definition) is 1. The summed E-state index contributed by atoms with van der Waals surface area (Å²) in [6.45, 7) is 10.6. The van der Waals surface area contributed by atoms with E-state index in [0.717, 1.165) is 44.9 Å². The Bertz CT molecular complexity index is 575. The molecule has 1 saturated carbocycles. The van der Waals surface area contributed by atoms with Gasteiger partial charge in [-0.1, -0.05) is 59.8 Å². The molecule has 2 aliphatic rings. The van der Waals surface area contributed by atoms with Crippen LogP contribution in [0.15, 0.2) is 0 Å². The van der Waals surface area contributed by atoms with E-state index in [2.05, 4.69) is 12.2 Å². The van der Waals surface area contributed by atoms with Gasteiger partial charge in [0.15, 0.2) is 0 Å². The van der Waals surface area contributed by atoms with E-state index in [-0.39, 0.29) is 17.5 Å². The number of morpholine rings is 1. The monoisotopic (exact) mass is 423 g/mol. The van der Waals surface area contributed by atoms with Crippen molar-refractivity contribution in [1.82, 2.24) is 15.1 Å². The van der Waals surface area contributed by atoms with Crippen molar-refractivity contribution in [2.24, 2.45) is 5.41 Å². The molecular weight excluding hydrogens is 382 g/mol. The molecule has 1 saturated heterocycles. The van der Waals surface area contributed by atoms with Crippen molar-refractivity contribution in [2.75, 3.05) is 32.8 Å². The van der Waals surface area contributed by atoms with E-state index in [1.54, 1.807) is 9.80 Å². The molecule has 0 bridgehead atoms. The lowest BCUT2D eigenvalue weighted by molar-refractivity contribution is -0.141. The first-order valence-corrected chi connectivity index (χ1v) is 11.7. The molecule has 0 radical (unpaired) electrons. The second-order valence-electron chi connectivity index (χ2n) is 9.85. The molecule has 2 fully saturated rings. The maximum absolute atomic E-state index is 13.6. The highest BCUT2D eigenvalue weighted by Crippen LogP contribution is 2.28. The van der Waals surface area contributed by atoms with Gasteiger partial charge in [-0.15, -0.1) is 0 Å². The number of nitrogens with one attached hydrogen (secondary N) is 1. The fraction of sp³-hybridized carbons (Fsp3) is 0.870. The number of carbonyl (C=O) groups excluding carboxylic acids is 3. The highest BCUT2D eigenvalue weighted by Gasteiger charge is 2.40. The van der Waals surface area contributed by atoms with Crippen molar-refractivity contribution in [1.29, 1.82) is 0 Å². The van der Waals surface area contributed by atoms with Crippen molar-refractivity contribution in [3.05, 3.63) is 0 Å². The third-order valence-corrected chi connectivity index (χ3v) is 5.94. The Hall–Kier alpha value is -1.63. The van der Waals surface area contributed by atoms with Gasteiger partial charge in [-0.2, -0.15) is 0 Å². The minimum Gasteiger partial charge on any atom is -0.378 e. The Labute approximate surface area is 181 Å². The van der Waals surface area contributed by atoms with Crippen molar-refractivity contribution < 1.29 is 19.1 Å². The standard InChI is InChI=1S/C23H41N3O4/c1-5-6-12-19(20(27)21(28)24-17-23(2,3)4)26(18-10-8-7-9-11-18)22(29)25-13-15-30-16-14-25/h18-19H,5-17H2,1-4H3,(H,24,28)/t19-/m0/s1. The highest BCUT2D eigenvalue weighted by atomic mass is 16.5. The van der Waals surface area contributed by atoms with Crippen LogP contribution in [-0.4, -0.2) is 72.5 Å². The average Bonchev–Trinajstić information content (AvgIpc) is 2.74. The van der Waals surface area contributed by atoms with Crippen LogP contribution >= 0.6 is 0 Å². The van der Waals surface area contributed by atoms with E-state index >= 15 is 0 Å². The fourth-order valence-electron chi connectivity index (χ4n) is 4.20. The molecule has 1 aliphatic carbocycles. The van der Waals surface area contributed by atoms with Gasteiger partial charge in [-0.3, -0.25) is 9.59 Å². The molecule has 7 heteroatoms. The largest absolute Gasteiger partial charge is 0.378 e. The average molecular weight is 424 g/mol.